The van der Waals surface area contributed by atoms with E-state index in [1.54, 1.807) is 0 Å². The number of carboxylic acids is 1. The van der Waals surface area contributed by atoms with Crippen LogP contribution in [-0.4, -0.2) is 28.6 Å². The van der Waals surface area contributed by atoms with Gasteiger partial charge < -0.3 is 14.8 Å². The zero-order valence-corrected chi connectivity index (χ0v) is 9.11. The quantitative estimate of drug-likeness (QED) is 0.797. The average Bonchev–Trinajstić information content (AvgIpc) is 2.66. The molecule has 1 unspecified atom stereocenters. The van der Waals surface area contributed by atoms with Gasteiger partial charge in [-0.1, -0.05) is 6.42 Å². The summed E-state index contributed by atoms with van der Waals surface area (Å²) in [6, 6.07) is 0.421. The number of nitrogens with one attached hydrogen (secondary N) is 1. The highest BCUT2D eigenvalue weighted by molar-refractivity contribution is 5.69. The van der Waals surface area contributed by atoms with Crippen LogP contribution < -0.4 is 5.32 Å². The lowest BCUT2D eigenvalue weighted by Gasteiger charge is -2.21. The molecule has 1 aliphatic rings. The Labute approximate surface area is 93.9 Å². The molecule has 1 aromatic rings. The van der Waals surface area contributed by atoms with E-state index in [2.05, 4.69) is 10.3 Å². The van der Waals surface area contributed by atoms with Crippen molar-refractivity contribution in [3.63, 3.8) is 0 Å². The number of oxazole rings is 1. The Morgan fingerprint density at radius 1 is 1.62 bits per heavy atom. The summed E-state index contributed by atoms with van der Waals surface area (Å²) in [4.78, 5) is 14.6. The summed E-state index contributed by atoms with van der Waals surface area (Å²) in [5.41, 5.74) is 0. The van der Waals surface area contributed by atoms with Crippen molar-refractivity contribution in [3.05, 3.63) is 17.8 Å². The molecule has 1 aromatic heterocycles. The van der Waals surface area contributed by atoms with Crippen LogP contribution in [0.25, 0.3) is 0 Å². The van der Waals surface area contributed by atoms with E-state index in [1.165, 1.54) is 19.0 Å². The van der Waals surface area contributed by atoms with E-state index in [1.807, 2.05) is 0 Å². The Hall–Kier alpha value is -1.36. The van der Waals surface area contributed by atoms with Crippen molar-refractivity contribution in [1.29, 1.82) is 0 Å². The third-order valence-electron chi connectivity index (χ3n) is 2.76. The maximum Gasteiger partial charge on any atom is 0.311 e. The van der Waals surface area contributed by atoms with Crippen molar-refractivity contribution in [2.45, 2.75) is 38.1 Å². The van der Waals surface area contributed by atoms with Crippen LogP contribution in [0.1, 0.15) is 30.9 Å². The molecule has 1 aliphatic heterocycles. The molecule has 0 bridgehead atoms. The summed E-state index contributed by atoms with van der Waals surface area (Å²) in [5.74, 6) is 0.174. The highest BCUT2D eigenvalue weighted by atomic mass is 16.4. The van der Waals surface area contributed by atoms with Crippen LogP contribution >= 0.6 is 0 Å². The van der Waals surface area contributed by atoms with E-state index in [4.69, 9.17) is 9.52 Å². The molecule has 5 nitrogen and oxygen atoms in total. The van der Waals surface area contributed by atoms with E-state index < -0.39 is 5.97 Å². The zero-order chi connectivity index (χ0) is 11.4. The standard InChI is InChI=1S/C11H16N2O3/c14-11(15)6-9-7-13-10(16-9)5-8-3-1-2-4-12-8/h7-8,12H,1-6H2,(H,14,15). The number of carboxylic acid groups (broad SMARTS) is 1. The second-order valence-corrected chi connectivity index (χ2v) is 4.14. The normalized spacial score (nSPS) is 20.9. The number of aliphatic carboxylic acids is 1. The molecule has 2 rings (SSSR count). The fraction of sp³-hybridized carbons (Fsp3) is 0.636. The molecule has 0 radical (unpaired) electrons. The molecule has 0 aromatic carbocycles. The fourth-order valence-corrected chi connectivity index (χ4v) is 1.98. The Morgan fingerprint density at radius 3 is 3.19 bits per heavy atom. The first kappa shape index (κ1) is 11.1. The van der Waals surface area contributed by atoms with E-state index in [-0.39, 0.29) is 6.42 Å². The SMILES string of the molecule is O=C(O)Cc1cnc(CC2CCCCN2)o1. The Balaban J connectivity index is 1.88. The number of rotatable bonds is 4. The summed E-state index contributed by atoms with van der Waals surface area (Å²) >= 11 is 0. The van der Waals surface area contributed by atoms with Crippen LogP contribution in [0.3, 0.4) is 0 Å². The van der Waals surface area contributed by atoms with Crippen molar-refractivity contribution >= 4 is 5.97 Å². The summed E-state index contributed by atoms with van der Waals surface area (Å²) < 4.78 is 5.37. The van der Waals surface area contributed by atoms with Crippen molar-refractivity contribution in [2.75, 3.05) is 6.54 Å². The van der Waals surface area contributed by atoms with Gasteiger partial charge in [-0.3, -0.25) is 4.79 Å². The molecule has 2 N–H and O–H groups in total. The second kappa shape index (κ2) is 5.12. The number of nitrogens with zero attached hydrogens (tertiary/aromatic N) is 1. The lowest BCUT2D eigenvalue weighted by atomic mass is 10.0. The maximum atomic E-state index is 10.5. The van der Waals surface area contributed by atoms with Gasteiger partial charge >= 0.3 is 5.97 Å². The van der Waals surface area contributed by atoms with Gasteiger partial charge in [0.2, 0.25) is 0 Å². The van der Waals surface area contributed by atoms with Crippen molar-refractivity contribution in [3.8, 4) is 0 Å². The largest absolute Gasteiger partial charge is 0.481 e. The molecule has 5 heteroatoms. The van der Waals surface area contributed by atoms with Crippen LogP contribution in [0.4, 0.5) is 0 Å². The van der Waals surface area contributed by atoms with Crippen molar-refractivity contribution in [2.24, 2.45) is 0 Å². The molecular formula is C11H16N2O3. The maximum absolute atomic E-state index is 10.5. The lowest BCUT2D eigenvalue weighted by Crippen LogP contribution is -2.35. The minimum atomic E-state index is -0.890. The molecule has 88 valence electrons. The van der Waals surface area contributed by atoms with Crippen LogP contribution in [-0.2, 0) is 17.6 Å². The zero-order valence-electron chi connectivity index (χ0n) is 9.11. The van der Waals surface area contributed by atoms with E-state index in [0.29, 0.717) is 17.7 Å². The van der Waals surface area contributed by atoms with Crippen LogP contribution in [0.5, 0.6) is 0 Å². The molecule has 0 spiro atoms. The van der Waals surface area contributed by atoms with Gasteiger partial charge in [-0.05, 0) is 19.4 Å². The molecular weight excluding hydrogens is 208 g/mol. The summed E-state index contributed by atoms with van der Waals surface area (Å²) in [6.45, 7) is 1.05. The van der Waals surface area contributed by atoms with E-state index in [0.717, 1.165) is 19.4 Å². The topological polar surface area (TPSA) is 75.4 Å². The molecule has 1 saturated heterocycles. The van der Waals surface area contributed by atoms with Crippen LogP contribution in [0, 0.1) is 0 Å². The van der Waals surface area contributed by atoms with Crippen molar-refractivity contribution in [1.82, 2.24) is 10.3 Å². The highest BCUT2D eigenvalue weighted by Crippen LogP contribution is 2.13. The van der Waals surface area contributed by atoms with Gasteiger partial charge in [0.1, 0.15) is 12.2 Å². The first-order chi connectivity index (χ1) is 7.74. The minimum Gasteiger partial charge on any atom is -0.481 e. The second-order valence-electron chi connectivity index (χ2n) is 4.14. The van der Waals surface area contributed by atoms with Gasteiger partial charge in [-0.25, -0.2) is 4.98 Å². The first-order valence-corrected chi connectivity index (χ1v) is 5.63. The number of hydrogen-bond donors (Lipinski definition) is 2. The molecule has 0 amide bonds. The molecule has 0 saturated carbocycles. The number of carbonyl (C=O) groups is 1. The van der Waals surface area contributed by atoms with E-state index >= 15 is 0 Å². The smallest absolute Gasteiger partial charge is 0.311 e. The van der Waals surface area contributed by atoms with Gasteiger partial charge in [0, 0.05) is 12.5 Å². The number of aromatic nitrogens is 1. The fourth-order valence-electron chi connectivity index (χ4n) is 1.98. The van der Waals surface area contributed by atoms with Crippen LogP contribution in [0.2, 0.25) is 0 Å². The predicted octanol–water partition coefficient (Wildman–Crippen LogP) is 0.986. The highest BCUT2D eigenvalue weighted by Gasteiger charge is 2.16. The molecule has 2 heterocycles. The van der Waals surface area contributed by atoms with Gasteiger partial charge in [0.15, 0.2) is 5.89 Å². The number of piperidine rings is 1. The molecule has 1 fully saturated rings. The lowest BCUT2D eigenvalue weighted by molar-refractivity contribution is -0.136. The Bertz CT molecular complexity index is 356. The first-order valence-electron chi connectivity index (χ1n) is 5.63. The monoisotopic (exact) mass is 224 g/mol. The summed E-state index contributed by atoms with van der Waals surface area (Å²) in [6.07, 6.45) is 5.76. The third-order valence-corrected chi connectivity index (χ3v) is 2.76. The molecule has 1 atom stereocenters. The average molecular weight is 224 g/mol. The Kier molecular flexibility index (Phi) is 3.56. The number of hydrogen-bond acceptors (Lipinski definition) is 4. The summed E-state index contributed by atoms with van der Waals surface area (Å²) in [7, 11) is 0. The van der Waals surface area contributed by atoms with Gasteiger partial charge in [-0.15, -0.1) is 0 Å². The third kappa shape index (κ3) is 3.06. The molecule has 16 heavy (non-hydrogen) atoms. The van der Waals surface area contributed by atoms with Crippen molar-refractivity contribution < 1.29 is 14.3 Å². The Morgan fingerprint density at radius 2 is 2.50 bits per heavy atom. The van der Waals surface area contributed by atoms with Crippen LogP contribution in [0.15, 0.2) is 10.6 Å². The van der Waals surface area contributed by atoms with Gasteiger partial charge in [0.25, 0.3) is 0 Å². The summed E-state index contributed by atoms with van der Waals surface area (Å²) in [5, 5.41) is 12.0. The minimum absolute atomic E-state index is 0.0922. The molecule has 0 aliphatic carbocycles. The van der Waals surface area contributed by atoms with Gasteiger partial charge in [0.05, 0.1) is 6.20 Å². The van der Waals surface area contributed by atoms with E-state index in [9.17, 15) is 4.79 Å². The van der Waals surface area contributed by atoms with Gasteiger partial charge in [-0.2, -0.15) is 0 Å². The predicted molar refractivity (Wildman–Crippen MR) is 57.2 cm³/mol.